The van der Waals surface area contributed by atoms with Crippen molar-refractivity contribution in [3.8, 4) is 0 Å². The first kappa shape index (κ1) is 16.5. The van der Waals surface area contributed by atoms with E-state index < -0.39 is 5.60 Å². The van der Waals surface area contributed by atoms with Gasteiger partial charge in [-0.3, -0.25) is 9.59 Å². The Morgan fingerprint density at radius 2 is 2.00 bits per heavy atom. The Hall–Kier alpha value is -1.88. The average molecular weight is 304 g/mol. The molecule has 0 aliphatic heterocycles. The van der Waals surface area contributed by atoms with Crippen LogP contribution in [-0.4, -0.2) is 41.0 Å². The fraction of sp³-hybridized carbons (Fsp3) is 0.529. The largest absolute Gasteiger partial charge is 0.388 e. The topological polar surface area (TPSA) is 69.6 Å². The van der Waals surface area contributed by atoms with Crippen molar-refractivity contribution < 1.29 is 14.7 Å². The summed E-state index contributed by atoms with van der Waals surface area (Å²) in [5.74, 6) is -0.230. The molecule has 1 fully saturated rings. The van der Waals surface area contributed by atoms with Crippen molar-refractivity contribution in [3.63, 3.8) is 0 Å². The third kappa shape index (κ3) is 4.07. The summed E-state index contributed by atoms with van der Waals surface area (Å²) in [4.78, 5) is 25.5. The Bertz CT molecular complexity index is 551. The van der Waals surface area contributed by atoms with E-state index in [1.54, 1.807) is 43.1 Å². The summed E-state index contributed by atoms with van der Waals surface area (Å²) in [7, 11) is 1.70. The van der Waals surface area contributed by atoms with Gasteiger partial charge in [0.25, 0.3) is 5.91 Å². The lowest BCUT2D eigenvalue weighted by molar-refractivity contribution is -0.115. The second kappa shape index (κ2) is 6.92. The van der Waals surface area contributed by atoms with Gasteiger partial charge in [-0.15, -0.1) is 0 Å². The number of benzene rings is 1. The van der Waals surface area contributed by atoms with Gasteiger partial charge in [-0.25, -0.2) is 0 Å². The molecule has 1 saturated carbocycles. The van der Waals surface area contributed by atoms with E-state index in [1.807, 2.05) is 0 Å². The summed E-state index contributed by atoms with van der Waals surface area (Å²) < 4.78 is 0. The molecule has 22 heavy (non-hydrogen) atoms. The van der Waals surface area contributed by atoms with Crippen LogP contribution in [0.5, 0.6) is 0 Å². The van der Waals surface area contributed by atoms with Gasteiger partial charge in [0, 0.05) is 31.3 Å². The van der Waals surface area contributed by atoms with Crippen LogP contribution in [0.3, 0.4) is 0 Å². The number of hydrogen-bond donors (Lipinski definition) is 2. The molecule has 0 atom stereocenters. The standard InChI is InChI=1S/C17H24N2O3/c1-3-15(20)18-14-8-6-7-13(11-14)16(21)19(2)12-17(22)9-4-5-10-17/h6-8,11,22H,3-5,9-10,12H2,1-2H3,(H,18,20). The second-order valence-corrected chi connectivity index (χ2v) is 6.08. The van der Waals surface area contributed by atoms with Gasteiger partial charge < -0.3 is 15.3 Å². The Morgan fingerprint density at radius 3 is 2.64 bits per heavy atom. The van der Waals surface area contributed by atoms with Gasteiger partial charge >= 0.3 is 0 Å². The number of nitrogens with zero attached hydrogens (tertiary/aromatic N) is 1. The summed E-state index contributed by atoms with van der Waals surface area (Å²) in [6.45, 7) is 2.12. The summed E-state index contributed by atoms with van der Waals surface area (Å²) in [6.07, 6.45) is 3.91. The number of anilines is 1. The molecule has 5 nitrogen and oxygen atoms in total. The average Bonchev–Trinajstić information content (AvgIpc) is 2.92. The highest BCUT2D eigenvalue weighted by atomic mass is 16.3. The van der Waals surface area contributed by atoms with Crippen molar-refractivity contribution in [1.29, 1.82) is 0 Å². The highest BCUT2D eigenvalue weighted by Gasteiger charge is 2.33. The number of hydrogen-bond acceptors (Lipinski definition) is 3. The summed E-state index contributed by atoms with van der Waals surface area (Å²) >= 11 is 0. The van der Waals surface area contributed by atoms with Crippen LogP contribution in [0, 0.1) is 0 Å². The van der Waals surface area contributed by atoms with E-state index in [0.29, 0.717) is 24.2 Å². The zero-order chi connectivity index (χ0) is 16.2. The highest BCUT2D eigenvalue weighted by molar-refractivity contribution is 5.97. The quantitative estimate of drug-likeness (QED) is 0.877. The summed E-state index contributed by atoms with van der Waals surface area (Å²) in [6, 6.07) is 6.90. The molecule has 0 heterocycles. The van der Waals surface area contributed by atoms with Gasteiger partial charge in [0.2, 0.25) is 5.91 Å². The lowest BCUT2D eigenvalue weighted by Gasteiger charge is -2.28. The molecule has 2 N–H and O–H groups in total. The molecule has 0 bridgehead atoms. The minimum absolute atomic E-state index is 0.0850. The maximum Gasteiger partial charge on any atom is 0.253 e. The van der Waals surface area contributed by atoms with Crippen LogP contribution >= 0.6 is 0 Å². The number of aliphatic hydroxyl groups is 1. The normalized spacial score (nSPS) is 16.3. The molecule has 2 amide bonds. The van der Waals surface area contributed by atoms with Crippen LogP contribution in [-0.2, 0) is 4.79 Å². The minimum Gasteiger partial charge on any atom is -0.388 e. The second-order valence-electron chi connectivity index (χ2n) is 6.08. The van der Waals surface area contributed by atoms with Crippen LogP contribution in [0.25, 0.3) is 0 Å². The maximum absolute atomic E-state index is 12.5. The Kier molecular flexibility index (Phi) is 5.19. The fourth-order valence-electron chi connectivity index (χ4n) is 2.90. The number of carbonyl (C=O) groups excluding carboxylic acids is 2. The van der Waals surface area contributed by atoms with Gasteiger partial charge in [-0.2, -0.15) is 0 Å². The smallest absolute Gasteiger partial charge is 0.253 e. The molecule has 1 aromatic rings. The SMILES string of the molecule is CCC(=O)Nc1cccc(C(=O)N(C)CC2(O)CCCC2)c1. The van der Waals surface area contributed by atoms with Gasteiger partial charge in [-0.1, -0.05) is 25.8 Å². The fourth-order valence-corrected chi connectivity index (χ4v) is 2.90. The highest BCUT2D eigenvalue weighted by Crippen LogP contribution is 2.30. The van der Waals surface area contributed by atoms with Gasteiger partial charge in [0.1, 0.15) is 0 Å². The monoisotopic (exact) mass is 304 g/mol. The Morgan fingerprint density at radius 1 is 1.32 bits per heavy atom. The van der Waals surface area contributed by atoms with E-state index in [0.717, 1.165) is 25.7 Å². The molecule has 2 rings (SSSR count). The molecular weight excluding hydrogens is 280 g/mol. The van der Waals surface area contributed by atoms with Crippen molar-refractivity contribution in [3.05, 3.63) is 29.8 Å². The van der Waals surface area contributed by atoms with E-state index in [1.165, 1.54) is 0 Å². The van der Waals surface area contributed by atoms with Crippen LogP contribution in [0.15, 0.2) is 24.3 Å². The predicted molar refractivity (Wildman–Crippen MR) is 85.7 cm³/mol. The third-order valence-corrected chi connectivity index (χ3v) is 4.13. The van der Waals surface area contributed by atoms with Gasteiger partial charge in [-0.05, 0) is 31.0 Å². The molecule has 0 unspecified atom stereocenters. The van der Waals surface area contributed by atoms with Gasteiger partial charge in [0.15, 0.2) is 0 Å². The number of likely N-dealkylation sites (N-methyl/N-ethyl adjacent to an activating group) is 1. The first-order valence-electron chi connectivity index (χ1n) is 7.81. The van der Waals surface area contributed by atoms with Crippen LogP contribution in [0.2, 0.25) is 0 Å². The van der Waals surface area contributed by atoms with Crippen LogP contribution < -0.4 is 5.32 Å². The van der Waals surface area contributed by atoms with E-state index >= 15 is 0 Å². The van der Waals surface area contributed by atoms with Crippen molar-refractivity contribution in [2.45, 2.75) is 44.6 Å². The number of rotatable bonds is 5. The lowest BCUT2D eigenvalue weighted by Crippen LogP contribution is -2.42. The van der Waals surface area contributed by atoms with E-state index in [4.69, 9.17) is 0 Å². The van der Waals surface area contributed by atoms with Crippen LogP contribution in [0.4, 0.5) is 5.69 Å². The first-order chi connectivity index (χ1) is 10.4. The van der Waals surface area contributed by atoms with E-state index in [2.05, 4.69) is 5.32 Å². The summed E-state index contributed by atoms with van der Waals surface area (Å²) in [5, 5.41) is 13.2. The van der Waals surface area contributed by atoms with Crippen molar-refractivity contribution >= 4 is 17.5 Å². The van der Waals surface area contributed by atoms with E-state index in [9.17, 15) is 14.7 Å². The number of amides is 2. The molecule has 0 radical (unpaired) electrons. The maximum atomic E-state index is 12.5. The molecule has 0 saturated heterocycles. The molecule has 1 aliphatic carbocycles. The summed E-state index contributed by atoms with van der Waals surface area (Å²) in [5.41, 5.74) is 0.377. The zero-order valence-corrected chi connectivity index (χ0v) is 13.3. The van der Waals surface area contributed by atoms with Gasteiger partial charge in [0.05, 0.1) is 5.60 Å². The molecule has 1 aliphatic rings. The molecule has 5 heteroatoms. The Labute approximate surface area is 131 Å². The zero-order valence-electron chi connectivity index (χ0n) is 13.3. The molecular formula is C17H24N2O3. The molecule has 1 aromatic carbocycles. The van der Waals surface area contributed by atoms with Crippen molar-refractivity contribution in [2.24, 2.45) is 0 Å². The molecule has 0 spiro atoms. The Balaban J connectivity index is 2.05. The van der Waals surface area contributed by atoms with E-state index in [-0.39, 0.29) is 11.8 Å². The predicted octanol–water partition coefficient (Wildman–Crippen LogP) is 2.41. The minimum atomic E-state index is -0.752. The number of nitrogens with one attached hydrogen (secondary N) is 1. The number of carbonyl (C=O) groups is 2. The first-order valence-corrected chi connectivity index (χ1v) is 7.81. The third-order valence-electron chi connectivity index (χ3n) is 4.13. The van der Waals surface area contributed by atoms with Crippen molar-refractivity contribution in [1.82, 2.24) is 4.90 Å². The lowest BCUT2D eigenvalue weighted by atomic mass is 10.0. The van der Waals surface area contributed by atoms with Crippen molar-refractivity contribution in [2.75, 3.05) is 18.9 Å². The molecule has 0 aromatic heterocycles. The molecule has 120 valence electrons. The van der Waals surface area contributed by atoms with Crippen LogP contribution in [0.1, 0.15) is 49.4 Å².